The summed E-state index contributed by atoms with van der Waals surface area (Å²) in [5, 5.41) is 2.58. The van der Waals surface area contributed by atoms with E-state index < -0.39 is 0 Å². The zero-order valence-corrected chi connectivity index (χ0v) is 10.6. The summed E-state index contributed by atoms with van der Waals surface area (Å²) in [5.41, 5.74) is 2.13. The Hall–Kier alpha value is -2.49. The molecule has 0 aliphatic rings. The van der Waals surface area contributed by atoms with Gasteiger partial charge in [0.1, 0.15) is 0 Å². The SMILES string of the molecule is Cc1ccc(C(=O)CNC(=O)c2cccnc2)cc1. The van der Waals surface area contributed by atoms with Crippen LogP contribution < -0.4 is 5.32 Å². The van der Waals surface area contributed by atoms with Crippen LogP contribution in [0, 0.1) is 6.92 Å². The van der Waals surface area contributed by atoms with Crippen molar-refractivity contribution in [1.29, 1.82) is 0 Å². The van der Waals surface area contributed by atoms with Gasteiger partial charge in [-0.15, -0.1) is 0 Å². The number of carbonyl (C=O) groups is 2. The second-order valence-corrected chi connectivity index (χ2v) is 4.21. The molecule has 0 aliphatic heterocycles. The number of Topliss-reactive ketones (excluding diaryl/α,β-unsaturated/α-hetero) is 1. The lowest BCUT2D eigenvalue weighted by Crippen LogP contribution is -2.29. The van der Waals surface area contributed by atoms with Gasteiger partial charge in [0, 0.05) is 18.0 Å². The van der Waals surface area contributed by atoms with E-state index in [-0.39, 0.29) is 18.2 Å². The third-order valence-corrected chi connectivity index (χ3v) is 2.71. The lowest BCUT2D eigenvalue weighted by molar-refractivity contribution is 0.0904. The number of rotatable bonds is 4. The van der Waals surface area contributed by atoms with Gasteiger partial charge in [-0.1, -0.05) is 29.8 Å². The highest BCUT2D eigenvalue weighted by atomic mass is 16.2. The van der Waals surface area contributed by atoms with Crippen LogP contribution in [0.1, 0.15) is 26.3 Å². The van der Waals surface area contributed by atoms with Gasteiger partial charge in [0.25, 0.3) is 5.91 Å². The smallest absolute Gasteiger partial charge is 0.253 e. The maximum atomic E-state index is 11.9. The molecule has 1 heterocycles. The molecule has 0 aliphatic carbocycles. The van der Waals surface area contributed by atoms with Gasteiger partial charge in [-0.3, -0.25) is 14.6 Å². The van der Waals surface area contributed by atoms with Gasteiger partial charge in [0.2, 0.25) is 0 Å². The molecule has 0 radical (unpaired) electrons. The molecule has 1 aromatic heterocycles. The third-order valence-electron chi connectivity index (χ3n) is 2.71. The van der Waals surface area contributed by atoms with Crippen LogP contribution in [-0.2, 0) is 0 Å². The van der Waals surface area contributed by atoms with E-state index in [0.29, 0.717) is 11.1 Å². The molecule has 0 atom stereocenters. The molecule has 0 spiro atoms. The number of aromatic nitrogens is 1. The molecule has 1 N–H and O–H groups in total. The van der Waals surface area contributed by atoms with E-state index in [0.717, 1.165) is 5.56 Å². The van der Waals surface area contributed by atoms with Crippen molar-refractivity contribution in [3.63, 3.8) is 0 Å². The summed E-state index contributed by atoms with van der Waals surface area (Å²) in [6, 6.07) is 10.6. The van der Waals surface area contributed by atoms with Crippen molar-refractivity contribution in [1.82, 2.24) is 10.3 Å². The van der Waals surface area contributed by atoms with Gasteiger partial charge in [0.15, 0.2) is 5.78 Å². The van der Waals surface area contributed by atoms with Gasteiger partial charge in [-0.25, -0.2) is 0 Å². The van der Waals surface area contributed by atoms with Gasteiger partial charge in [0.05, 0.1) is 12.1 Å². The number of aryl methyl sites for hydroxylation is 1. The summed E-state index contributed by atoms with van der Waals surface area (Å²) < 4.78 is 0. The molecule has 0 unspecified atom stereocenters. The molecule has 1 amide bonds. The number of nitrogens with one attached hydrogen (secondary N) is 1. The molecule has 19 heavy (non-hydrogen) atoms. The number of hydrogen-bond acceptors (Lipinski definition) is 3. The van der Waals surface area contributed by atoms with E-state index >= 15 is 0 Å². The van der Waals surface area contributed by atoms with Crippen LogP contribution in [0.25, 0.3) is 0 Å². The fourth-order valence-electron chi connectivity index (χ4n) is 1.60. The number of hydrogen-bond donors (Lipinski definition) is 1. The monoisotopic (exact) mass is 254 g/mol. The molecule has 1 aromatic carbocycles. The van der Waals surface area contributed by atoms with Gasteiger partial charge in [-0.2, -0.15) is 0 Å². The minimum absolute atomic E-state index is 0.0171. The summed E-state index contributed by atoms with van der Waals surface area (Å²) in [7, 11) is 0. The lowest BCUT2D eigenvalue weighted by Gasteiger charge is -2.04. The van der Waals surface area contributed by atoms with Crippen molar-refractivity contribution in [3.8, 4) is 0 Å². The van der Waals surface area contributed by atoms with Crippen LogP contribution in [-0.4, -0.2) is 23.2 Å². The van der Waals surface area contributed by atoms with Crippen molar-refractivity contribution >= 4 is 11.7 Å². The van der Waals surface area contributed by atoms with Crippen LogP contribution in [0.15, 0.2) is 48.8 Å². The highest BCUT2D eigenvalue weighted by molar-refractivity contribution is 6.02. The number of nitrogens with zero attached hydrogens (tertiary/aromatic N) is 1. The van der Waals surface area contributed by atoms with Crippen molar-refractivity contribution in [3.05, 3.63) is 65.5 Å². The van der Waals surface area contributed by atoms with Gasteiger partial charge < -0.3 is 5.32 Å². The maximum absolute atomic E-state index is 11.9. The van der Waals surface area contributed by atoms with Crippen LogP contribution in [0.3, 0.4) is 0 Å². The Morgan fingerprint density at radius 3 is 2.47 bits per heavy atom. The largest absolute Gasteiger partial charge is 0.345 e. The molecule has 0 fully saturated rings. The second-order valence-electron chi connectivity index (χ2n) is 4.21. The first-order valence-electron chi connectivity index (χ1n) is 5.95. The van der Waals surface area contributed by atoms with Crippen LogP contribution in [0.4, 0.5) is 0 Å². The molecule has 96 valence electrons. The van der Waals surface area contributed by atoms with Crippen molar-refractivity contribution in [2.75, 3.05) is 6.54 Å². The van der Waals surface area contributed by atoms with Crippen LogP contribution in [0.2, 0.25) is 0 Å². The summed E-state index contributed by atoms with van der Waals surface area (Å²) in [6.45, 7) is 1.94. The Morgan fingerprint density at radius 1 is 1.11 bits per heavy atom. The summed E-state index contributed by atoms with van der Waals surface area (Å²) in [4.78, 5) is 27.4. The summed E-state index contributed by atoms with van der Waals surface area (Å²) >= 11 is 0. The van der Waals surface area contributed by atoms with E-state index in [4.69, 9.17) is 0 Å². The van der Waals surface area contributed by atoms with E-state index in [1.807, 2.05) is 19.1 Å². The Labute approximate surface area is 111 Å². The zero-order valence-electron chi connectivity index (χ0n) is 10.6. The topological polar surface area (TPSA) is 59.1 Å². The fourth-order valence-corrected chi connectivity index (χ4v) is 1.60. The molecular weight excluding hydrogens is 240 g/mol. The average molecular weight is 254 g/mol. The first-order valence-corrected chi connectivity index (χ1v) is 5.95. The van der Waals surface area contributed by atoms with E-state index in [2.05, 4.69) is 10.3 Å². The average Bonchev–Trinajstić information content (AvgIpc) is 2.46. The third kappa shape index (κ3) is 3.48. The molecule has 4 heteroatoms. The Balaban J connectivity index is 1.94. The number of benzene rings is 1. The molecule has 2 rings (SSSR count). The van der Waals surface area contributed by atoms with Crippen molar-refractivity contribution in [2.45, 2.75) is 6.92 Å². The predicted molar refractivity (Wildman–Crippen MR) is 72.1 cm³/mol. The minimum atomic E-state index is -0.298. The number of ketones is 1. The van der Waals surface area contributed by atoms with Gasteiger partial charge in [-0.05, 0) is 19.1 Å². The minimum Gasteiger partial charge on any atom is -0.345 e. The quantitative estimate of drug-likeness (QED) is 0.849. The first-order chi connectivity index (χ1) is 9.16. The van der Waals surface area contributed by atoms with Gasteiger partial charge >= 0.3 is 0 Å². The highest BCUT2D eigenvalue weighted by Crippen LogP contribution is 2.03. The number of carbonyl (C=O) groups excluding carboxylic acids is 2. The van der Waals surface area contributed by atoms with Crippen molar-refractivity contribution in [2.24, 2.45) is 0 Å². The van der Waals surface area contributed by atoms with Crippen LogP contribution in [0.5, 0.6) is 0 Å². The van der Waals surface area contributed by atoms with E-state index in [1.165, 1.54) is 6.20 Å². The standard InChI is InChI=1S/C15H14N2O2/c1-11-4-6-12(7-5-11)14(18)10-17-15(19)13-3-2-8-16-9-13/h2-9H,10H2,1H3,(H,17,19). The molecule has 0 saturated carbocycles. The second kappa shape index (κ2) is 5.91. The maximum Gasteiger partial charge on any atom is 0.253 e. The normalized spacial score (nSPS) is 9.95. The number of amides is 1. The van der Waals surface area contributed by atoms with Crippen LogP contribution >= 0.6 is 0 Å². The van der Waals surface area contributed by atoms with E-state index in [1.54, 1.807) is 30.5 Å². The molecular formula is C15H14N2O2. The Kier molecular flexibility index (Phi) is 4.03. The van der Waals surface area contributed by atoms with Crippen molar-refractivity contribution < 1.29 is 9.59 Å². The Bertz CT molecular complexity index is 577. The summed E-state index contributed by atoms with van der Waals surface area (Å²) in [5.74, 6) is -0.411. The molecule has 0 bridgehead atoms. The zero-order chi connectivity index (χ0) is 13.7. The fraction of sp³-hybridized carbons (Fsp3) is 0.133. The first kappa shape index (κ1) is 13.0. The number of pyridine rings is 1. The molecule has 0 saturated heterocycles. The molecule has 4 nitrogen and oxygen atoms in total. The molecule has 2 aromatic rings. The summed E-state index contributed by atoms with van der Waals surface area (Å²) in [6.07, 6.45) is 3.06. The van der Waals surface area contributed by atoms with E-state index in [9.17, 15) is 9.59 Å². The predicted octanol–water partition coefficient (Wildman–Crippen LogP) is 2.00. The highest BCUT2D eigenvalue weighted by Gasteiger charge is 2.09. The Morgan fingerprint density at radius 2 is 1.84 bits per heavy atom. The lowest BCUT2D eigenvalue weighted by atomic mass is 10.1.